The van der Waals surface area contributed by atoms with Crippen LogP contribution in [0.1, 0.15) is 5.56 Å². The van der Waals surface area contributed by atoms with E-state index in [0.717, 1.165) is 23.3 Å². The van der Waals surface area contributed by atoms with Crippen LogP contribution in [0.2, 0.25) is 0 Å². The lowest BCUT2D eigenvalue weighted by Crippen LogP contribution is -2.21. The van der Waals surface area contributed by atoms with Gasteiger partial charge in [-0.3, -0.25) is 0 Å². The zero-order chi connectivity index (χ0) is 12.1. The summed E-state index contributed by atoms with van der Waals surface area (Å²) in [6.45, 7) is 0.958. The minimum absolute atomic E-state index is 0.958. The van der Waals surface area contributed by atoms with E-state index in [2.05, 4.69) is 57.1 Å². The summed E-state index contributed by atoms with van der Waals surface area (Å²) in [5.41, 5.74) is 1.35. The molecule has 0 unspecified atom stereocenters. The number of hydrogen-bond donors (Lipinski definition) is 0. The molecule has 0 saturated carbocycles. The average Bonchev–Trinajstić information content (AvgIpc) is 2.38. The third-order valence-electron chi connectivity index (χ3n) is 2.68. The first-order valence-electron chi connectivity index (χ1n) is 5.63. The summed E-state index contributed by atoms with van der Waals surface area (Å²) in [5, 5.41) is 0. The second-order valence-corrected chi connectivity index (χ2v) is 4.82. The maximum Gasteiger partial charge on any atom is 0.142 e. The van der Waals surface area contributed by atoms with E-state index in [0.29, 0.717) is 0 Å². The van der Waals surface area contributed by atoms with Crippen LogP contribution in [0.5, 0.6) is 0 Å². The summed E-state index contributed by atoms with van der Waals surface area (Å²) in [6, 6.07) is 14.4. The summed E-state index contributed by atoms with van der Waals surface area (Å²) in [5.74, 6) is 0.989. The van der Waals surface area contributed by atoms with E-state index in [4.69, 9.17) is 0 Å². The number of pyridine rings is 1. The summed E-state index contributed by atoms with van der Waals surface area (Å²) in [7, 11) is 2.07. The van der Waals surface area contributed by atoms with E-state index in [1.165, 1.54) is 5.56 Å². The molecule has 0 bridgehead atoms. The highest BCUT2D eigenvalue weighted by Gasteiger charge is 2.06. The smallest absolute Gasteiger partial charge is 0.142 e. The summed E-state index contributed by atoms with van der Waals surface area (Å²) in [6.07, 6.45) is 2.85. The van der Waals surface area contributed by atoms with E-state index < -0.39 is 0 Å². The van der Waals surface area contributed by atoms with E-state index >= 15 is 0 Å². The largest absolute Gasteiger partial charge is 0.358 e. The lowest BCUT2D eigenvalue weighted by Gasteiger charge is -2.19. The Morgan fingerprint density at radius 1 is 1.12 bits per heavy atom. The second-order valence-electron chi connectivity index (χ2n) is 3.97. The van der Waals surface area contributed by atoms with Gasteiger partial charge in [-0.15, -0.1) is 0 Å². The van der Waals surface area contributed by atoms with Crippen molar-refractivity contribution in [3.63, 3.8) is 0 Å². The molecule has 0 saturated heterocycles. The minimum Gasteiger partial charge on any atom is -0.358 e. The molecule has 0 fully saturated rings. The number of likely N-dealkylation sites (N-methyl/N-ethyl adjacent to an activating group) is 1. The van der Waals surface area contributed by atoms with Gasteiger partial charge >= 0.3 is 0 Å². The molecule has 0 aliphatic rings. The molecule has 0 spiro atoms. The van der Waals surface area contributed by atoms with E-state index in [-0.39, 0.29) is 0 Å². The topological polar surface area (TPSA) is 16.1 Å². The molecule has 3 heteroatoms. The second kappa shape index (κ2) is 5.82. The molecule has 1 aromatic carbocycles. The fourth-order valence-electron chi connectivity index (χ4n) is 1.71. The highest BCUT2D eigenvalue weighted by Crippen LogP contribution is 2.21. The predicted octanol–water partition coefficient (Wildman–Crippen LogP) is 3.52. The van der Waals surface area contributed by atoms with E-state index in [1.54, 1.807) is 0 Å². The van der Waals surface area contributed by atoms with Crippen molar-refractivity contribution < 1.29 is 0 Å². The van der Waals surface area contributed by atoms with Crippen LogP contribution >= 0.6 is 15.9 Å². The van der Waals surface area contributed by atoms with Crippen molar-refractivity contribution in [3.8, 4) is 0 Å². The first-order valence-corrected chi connectivity index (χ1v) is 6.42. The Balaban J connectivity index is 1.99. The number of nitrogens with zero attached hydrogens (tertiary/aromatic N) is 2. The number of anilines is 1. The quantitative estimate of drug-likeness (QED) is 0.856. The summed E-state index contributed by atoms with van der Waals surface area (Å²) in [4.78, 5) is 6.53. The van der Waals surface area contributed by atoms with Crippen LogP contribution in [0.15, 0.2) is 53.1 Å². The monoisotopic (exact) mass is 290 g/mol. The van der Waals surface area contributed by atoms with Gasteiger partial charge in [0.1, 0.15) is 5.82 Å². The Bertz CT molecular complexity index is 471. The average molecular weight is 291 g/mol. The lowest BCUT2D eigenvalue weighted by atomic mass is 10.1. The zero-order valence-corrected chi connectivity index (χ0v) is 11.4. The molecule has 0 amide bonds. The first kappa shape index (κ1) is 12.1. The highest BCUT2D eigenvalue weighted by molar-refractivity contribution is 9.10. The highest BCUT2D eigenvalue weighted by atomic mass is 79.9. The predicted molar refractivity (Wildman–Crippen MR) is 75.4 cm³/mol. The number of aromatic nitrogens is 1. The maximum absolute atomic E-state index is 4.37. The minimum atomic E-state index is 0.958. The molecule has 0 atom stereocenters. The van der Waals surface area contributed by atoms with Crippen LogP contribution < -0.4 is 4.90 Å². The molecule has 2 aromatic rings. The van der Waals surface area contributed by atoms with Crippen molar-refractivity contribution in [2.75, 3.05) is 18.5 Å². The Hall–Kier alpha value is -1.35. The number of benzene rings is 1. The Morgan fingerprint density at radius 2 is 1.88 bits per heavy atom. The molecule has 0 radical (unpaired) electrons. The van der Waals surface area contributed by atoms with Crippen molar-refractivity contribution in [1.82, 2.24) is 4.98 Å². The van der Waals surface area contributed by atoms with Gasteiger partial charge in [0, 0.05) is 19.8 Å². The van der Waals surface area contributed by atoms with Crippen molar-refractivity contribution in [3.05, 3.63) is 58.7 Å². The molecule has 17 heavy (non-hydrogen) atoms. The van der Waals surface area contributed by atoms with Gasteiger partial charge in [-0.05, 0) is 40.0 Å². The van der Waals surface area contributed by atoms with Gasteiger partial charge in [0.05, 0.1) is 4.47 Å². The van der Waals surface area contributed by atoms with Gasteiger partial charge in [-0.25, -0.2) is 4.98 Å². The van der Waals surface area contributed by atoms with E-state index in [9.17, 15) is 0 Å². The van der Waals surface area contributed by atoms with Crippen LogP contribution in [-0.4, -0.2) is 18.6 Å². The van der Waals surface area contributed by atoms with Gasteiger partial charge in [0.15, 0.2) is 0 Å². The van der Waals surface area contributed by atoms with Gasteiger partial charge in [0.25, 0.3) is 0 Å². The van der Waals surface area contributed by atoms with E-state index in [1.807, 2.05) is 24.4 Å². The van der Waals surface area contributed by atoms with Gasteiger partial charge in [-0.2, -0.15) is 0 Å². The van der Waals surface area contributed by atoms with Crippen LogP contribution in [0.25, 0.3) is 0 Å². The third kappa shape index (κ3) is 3.30. The fraction of sp³-hybridized carbons (Fsp3) is 0.214. The molecule has 1 heterocycles. The van der Waals surface area contributed by atoms with Crippen molar-refractivity contribution in [2.45, 2.75) is 6.42 Å². The van der Waals surface area contributed by atoms with Crippen molar-refractivity contribution in [1.29, 1.82) is 0 Å². The lowest BCUT2D eigenvalue weighted by molar-refractivity contribution is 0.857. The molecule has 0 aliphatic carbocycles. The molecule has 1 aromatic heterocycles. The summed E-state index contributed by atoms with van der Waals surface area (Å²) < 4.78 is 1.04. The molecule has 2 nitrogen and oxygen atoms in total. The van der Waals surface area contributed by atoms with Crippen LogP contribution in [0.4, 0.5) is 5.82 Å². The number of hydrogen-bond acceptors (Lipinski definition) is 2. The molecule has 2 rings (SSSR count). The molecule has 0 aliphatic heterocycles. The fourth-order valence-corrected chi connectivity index (χ4v) is 2.26. The normalized spacial score (nSPS) is 10.2. The van der Waals surface area contributed by atoms with Gasteiger partial charge < -0.3 is 4.90 Å². The molecular weight excluding hydrogens is 276 g/mol. The summed E-state index contributed by atoms with van der Waals surface area (Å²) >= 11 is 3.52. The first-order chi connectivity index (χ1) is 8.27. The Labute approximate surface area is 110 Å². The molecule has 88 valence electrons. The SMILES string of the molecule is CN(CCc1ccccc1)c1ncccc1Br. The van der Waals surface area contributed by atoms with Gasteiger partial charge in [-0.1, -0.05) is 30.3 Å². The van der Waals surface area contributed by atoms with Gasteiger partial charge in [0.2, 0.25) is 0 Å². The number of rotatable bonds is 4. The van der Waals surface area contributed by atoms with Crippen LogP contribution in [-0.2, 0) is 6.42 Å². The van der Waals surface area contributed by atoms with Crippen molar-refractivity contribution >= 4 is 21.7 Å². The number of halogens is 1. The molecular formula is C14H15BrN2. The van der Waals surface area contributed by atoms with Crippen molar-refractivity contribution in [2.24, 2.45) is 0 Å². The molecule has 0 N–H and O–H groups in total. The van der Waals surface area contributed by atoms with Crippen LogP contribution in [0.3, 0.4) is 0 Å². The zero-order valence-electron chi connectivity index (χ0n) is 9.81. The Morgan fingerprint density at radius 3 is 2.59 bits per heavy atom. The third-order valence-corrected chi connectivity index (χ3v) is 3.30. The standard InChI is InChI=1S/C14H15BrN2/c1-17(14-13(15)8-5-10-16-14)11-9-12-6-3-2-4-7-12/h2-8,10H,9,11H2,1H3. The Kier molecular flexibility index (Phi) is 4.15. The van der Waals surface area contributed by atoms with Crippen LogP contribution in [0, 0.1) is 0 Å². The maximum atomic E-state index is 4.37.